The van der Waals surface area contributed by atoms with Crippen molar-refractivity contribution in [2.45, 2.75) is 155 Å². The fraction of sp³-hybridized carbons (Fsp3) is 0.684. The van der Waals surface area contributed by atoms with E-state index in [1.165, 1.54) is 77.0 Å². The quantitative estimate of drug-likeness (QED) is 0.0652. The molecule has 0 bridgehead atoms. The Bertz CT molecular complexity index is 778. The van der Waals surface area contributed by atoms with Crippen LogP contribution >= 0.6 is 0 Å². The lowest BCUT2D eigenvalue weighted by atomic mass is 9.83. The first-order chi connectivity index (χ1) is 20.5. The van der Waals surface area contributed by atoms with E-state index in [0.717, 1.165) is 51.4 Å². The van der Waals surface area contributed by atoms with E-state index in [2.05, 4.69) is 74.6 Å². The Morgan fingerprint density at radius 2 is 0.762 bits per heavy atom. The lowest BCUT2D eigenvalue weighted by Gasteiger charge is -2.21. The lowest BCUT2D eigenvalue weighted by Crippen LogP contribution is -2.37. The van der Waals surface area contributed by atoms with Gasteiger partial charge in [-0.3, -0.25) is 9.59 Å². The van der Waals surface area contributed by atoms with Crippen molar-refractivity contribution in [2.75, 3.05) is 0 Å². The average Bonchev–Trinajstić information content (AvgIpc) is 2.97. The van der Waals surface area contributed by atoms with Gasteiger partial charge in [-0.1, -0.05) is 139 Å². The summed E-state index contributed by atoms with van der Waals surface area (Å²) in [5.41, 5.74) is 11.4. The number of carbonyl (C=O) groups is 2. The molecule has 4 nitrogen and oxygen atoms in total. The second-order valence-corrected chi connectivity index (χ2v) is 11.7. The van der Waals surface area contributed by atoms with Crippen LogP contribution in [0.5, 0.6) is 0 Å². The SMILES string of the molecule is CCCCC/C=C\C/C=C\C/C=C\C/C=C\CCC(C(N)=O)C(CCCCCC/C=C\CCCCCCCC)C(N)=O. The minimum Gasteiger partial charge on any atom is -0.369 e. The van der Waals surface area contributed by atoms with Crippen molar-refractivity contribution in [1.29, 1.82) is 0 Å². The molecule has 2 atom stereocenters. The number of allylic oxidation sites excluding steroid dienone is 10. The molecule has 0 aromatic rings. The Morgan fingerprint density at radius 3 is 1.26 bits per heavy atom. The predicted molar refractivity (Wildman–Crippen MR) is 184 cm³/mol. The molecule has 0 aliphatic heterocycles. The molecule has 0 aliphatic carbocycles. The summed E-state index contributed by atoms with van der Waals surface area (Å²) >= 11 is 0. The monoisotopic (exact) mass is 583 g/mol. The zero-order chi connectivity index (χ0) is 30.9. The number of carbonyl (C=O) groups excluding carboxylic acids is 2. The van der Waals surface area contributed by atoms with Crippen LogP contribution in [-0.2, 0) is 9.59 Å². The minimum absolute atomic E-state index is 0.400. The standard InChI is InChI=1S/C38H66N2O2/c1-3-5-7-9-11-13-15-17-19-20-22-24-26-28-30-32-34-36(38(40)42)35(37(39)41)33-31-29-27-25-23-21-18-16-14-12-10-8-6-4-2/h11,13,17-19,21-22,24,28,30,35-36H,3-10,12,14-16,20,23,25-27,29,31-34H2,1-2H3,(H2,39,41)(H2,40,42)/b13-11-,19-17-,21-18-,24-22-,30-28-. The van der Waals surface area contributed by atoms with Crippen molar-refractivity contribution in [3.63, 3.8) is 0 Å². The molecule has 0 fully saturated rings. The van der Waals surface area contributed by atoms with E-state index in [-0.39, 0.29) is 0 Å². The van der Waals surface area contributed by atoms with E-state index in [9.17, 15) is 9.59 Å². The van der Waals surface area contributed by atoms with Gasteiger partial charge in [-0.2, -0.15) is 0 Å². The van der Waals surface area contributed by atoms with Crippen LogP contribution in [0.4, 0.5) is 0 Å². The first-order valence-corrected chi connectivity index (χ1v) is 17.4. The maximum absolute atomic E-state index is 12.2. The summed E-state index contributed by atoms with van der Waals surface area (Å²) in [5, 5.41) is 0. The summed E-state index contributed by atoms with van der Waals surface area (Å²) in [6, 6.07) is 0. The Morgan fingerprint density at radius 1 is 0.429 bits per heavy atom. The smallest absolute Gasteiger partial charge is 0.221 e. The molecule has 0 aromatic carbocycles. The fourth-order valence-electron chi connectivity index (χ4n) is 5.18. The van der Waals surface area contributed by atoms with Crippen LogP contribution in [0.3, 0.4) is 0 Å². The zero-order valence-electron chi connectivity index (χ0n) is 27.5. The summed E-state index contributed by atoms with van der Waals surface area (Å²) in [7, 11) is 0. The number of rotatable bonds is 30. The molecule has 2 amide bonds. The molecule has 2 unspecified atom stereocenters. The first kappa shape index (κ1) is 39.6. The van der Waals surface area contributed by atoms with Crippen LogP contribution < -0.4 is 11.5 Å². The molecule has 4 heteroatoms. The number of nitrogens with two attached hydrogens (primary N) is 2. The van der Waals surface area contributed by atoms with Gasteiger partial charge in [-0.15, -0.1) is 0 Å². The molecule has 0 rings (SSSR count). The number of hydrogen-bond donors (Lipinski definition) is 2. The van der Waals surface area contributed by atoms with E-state index in [4.69, 9.17) is 11.5 Å². The third kappa shape index (κ3) is 26.5. The Hall–Kier alpha value is -2.36. The van der Waals surface area contributed by atoms with Gasteiger partial charge in [-0.05, 0) is 77.0 Å². The molecule has 4 N–H and O–H groups in total. The van der Waals surface area contributed by atoms with Crippen molar-refractivity contribution in [1.82, 2.24) is 0 Å². The maximum atomic E-state index is 12.2. The van der Waals surface area contributed by atoms with Gasteiger partial charge >= 0.3 is 0 Å². The van der Waals surface area contributed by atoms with E-state index in [0.29, 0.717) is 12.8 Å². The van der Waals surface area contributed by atoms with E-state index in [1.807, 2.05) is 0 Å². The Balaban J connectivity index is 4.09. The second kappa shape index (κ2) is 31.6. The van der Waals surface area contributed by atoms with Crippen LogP contribution in [0.25, 0.3) is 0 Å². The van der Waals surface area contributed by atoms with Gasteiger partial charge in [0.15, 0.2) is 0 Å². The highest BCUT2D eigenvalue weighted by Crippen LogP contribution is 2.24. The zero-order valence-corrected chi connectivity index (χ0v) is 27.5. The summed E-state index contributed by atoms with van der Waals surface area (Å²) in [4.78, 5) is 24.3. The normalized spacial score (nSPS) is 13.9. The third-order valence-electron chi connectivity index (χ3n) is 7.85. The van der Waals surface area contributed by atoms with Crippen molar-refractivity contribution in [2.24, 2.45) is 23.3 Å². The highest BCUT2D eigenvalue weighted by Gasteiger charge is 2.29. The van der Waals surface area contributed by atoms with Gasteiger partial charge in [0.05, 0.1) is 0 Å². The van der Waals surface area contributed by atoms with Crippen molar-refractivity contribution >= 4 is 11.8 Å². The summed E-state index contributed by atoms with van der Waals surface area (Å²) in [6.45, 7) is 4.49. The average molecular weight is 583 g/mol. The van der Waals surface area contributed by atoms with Crippen LogP contribution in [0.2, 0.25) is 0 Å². The molecular formula is C38H66N2O2. The minimum atomic E-state index is -0.488. The predicted octanol–water partition coefficient (Wildman–Crippen LogP) is 10.6. The van der Waals surface area contributed by atoms with E-state index < -0.39 is 23.7 Å². The molecule has 0 saturated carbocycles. The fourth-order valence-corrected chi connectivity index (χ4v) is 5.18. The van der Waals surface area contributed by atoms with Crippen molar-refractivity contribution in [3.8, 4) is 0 Å². The largest absolute Gasteiger partial charge is 0.369 e. The molecule has 0 aromatic heterocycles. The van der Waals surface area contributed by atoms with Gasteiger partial charge in [0, 0.05) is 11.8 Å². The lowest BCUT2D eigenvalue weighted by molar-refractivity contribution is -0.132. The molecule has 42 heavy (non-hydrogen) atoms. The summed E-state index contributed by atoms with van der Waals surface area (Å²) < 4.78 is 0. The van der Waals surface area contributed by atoms with Gasteiger partial charge in [0.2, 0.25) is 11.8 Å². The number of primary amides is 2. The van der Waals surface area contributed by atoms with Crippen molar-refractivity contribution < 1.29 is 9.59 Å². The van der Waals surface area contributed by atoms with Crippen molar-refractivity contribution in [3.05, 3.63) is 60.8 Å². The maximum Gasteiger partial charge on any atom is 0.221 e. The summed E-state index contributed by atoms with van der Waals surface area (Å²) in [5.74, 6) is -1.77. The van der Waals surface area contributed by atoms with Gasteiger partial charge in [-0.25, -0.2) is 0 Å². The highest BCUT2D eigenvalue weighted by atomic mass is 16.2. The molecule has 0 radical (unpaired) electrons. The molecule has 0 aliphatic rings. The van der Waals surface area contributed by atoms with E-state index in [1.54, 1.807) is 0 Å². The van der Waals surface area contributed by atoms with Crippen LogP contribution in [-0.4, -0.2) is 11.8 Å². The molecule has 0 heterocycles. The number of amides is 2. The topological polar surface area (TPSA) is 86.2 Å². The Labute approximate surface area is 260 Å². The molecule has 240 valence electrons. The van der Waals surface area contributed by atoms with Crippen LogP contribution in [0.1, 0.15) is 155 Å². The number of hydrogen-bond acceptors (Lipinski definition) is 2. The van der Waals surface area contributed by atoms with Gasteiger partial charge in [0.1, 0.15) is 0 Å². The van der Waals surface area contributed by atoms with Crippen LogP contribution in [0.15, 0.2) is 60.8 Å². The van der Waals surface area contributed by atoms with Gasteiger partial charge < -0.3 is 11.5 Å². The molecular weight excluding hydrogens is 516 g/mol. The van der Waals surface area contributed by atoms with Crippen LogP contribution in [0, 0.1) is 11.8 Å². The molecule has 0 spiro atoms. The molecule has 0 saturated heterocycles. The van der Waals surface area contributed by atoms with E-state index >= 15 is 0 Å². The van der Waals surface area contributed by atoms with Gasteiger partial charge in [0.25, 0.3) is 0 Å². The third-order valence-corrected chi connectivity index (χ3v) is 7.85. The highest BCUT2D eigenvalue weighted by molar-refractivity contribution is 5.85. The number of unbranched alkanes of at least 4 members (excludes halogenated alkanes) is 13. The summed E-state index contributed by atoms with van der Waals surface area (Å²) in [6.07, 6.45) is 46.6. The second-order valence-electron chi connectivity index (χ2n) is 11.7. The Kier molecular flexibility index (Phi) is 29.8. The first-order valence-electron chi connectivity index (χ1n) is 17.4.